The van der Waals surface area contributed by atoms with Gasteiger partial charge in [-0.2, -0.15) is 0 Å². The topological polar surface area (TPSA) is 115 Å². The number of nitrogens with two attached hydrogens (primary N) is 1. The first-order valence-corrected chi connectivity index (χ1v) is 13.0. The molecule has 3 rings (SSSR count). The number of carbonyl (C=O) groups excluding carboxylic acids is 1. The predicted molar refractivity (Wildman–Crippen MR) is 131 cm³/mol. The van der Waals surface area contributed by atoms with Gasteiger partial charge in [-0.3, -0.25) is 0 Å². The summed E-state index contributed by atoms with van der Waals surface area (Å²) in [5, 5.41) is 3.26. The minimum atomic E-state index is -4.86. The third-order valence-electron chi connectivity index (χ3n) is 4.37. The summed E-state index contributed by atoms with van der Waals surface area (Å²) in [7, 11) is -4.86. The number of nitrogens with zero attached hydrogens (tertiary/aromatic N) is 2. The van der Waals surface area contributed by atoms with Crippen molar-refractivity contribution in [3.63, 3.8) is 0 Å². The van der Waals surface area contributed by atoms with Crippen molar-refractivity contribution >= 4 is 62.2 Å². The summed E-state index contributed by atoms with van der Waals surface area (Å²) in [5.74, 6) is -2.35. The molecule has 0 saturated carbocycles. The zero-order chi connectivity index (χ0) is 26.1. The number of ether oxygens (including phenoxy) is 1. The molecule has 0 aliphatic carbocycles. The lowest BCUT2D eigenvalue weighted by atomic mass is 10.1. The highest BCUT2D eigenvalue weighted by Gasteiger charge is 2.38. The average Bonchev–Trinajstić information content (AvgIpc) is 3.23. The second-order valence-electron chi connectivity index (χ2n) is 8.09. The molecular weight excluding hydrogens is 545 g/mol. The first-order valence-electron chi connectivity index (χ1n) is 9.84. The summed E-state index contributed by atoms with van der Waals surface area (Å²) in [6, 6.07) is 5.96. The van der Waals surface area contributed by atoms with E-state index in [1.54, 1.807) is 20.8 Å². The van der Waals surface area contributed by atoms with Gasteiger partial charge < -0.3 is 15.8 Å². The van der Waals surface area contributed by atoms with E-state index < -0.39 is 49.4 Å². The molecule has 1 aromatic heterocycles. The molecule has 0 bridgehead atoms. The molecule has 1 heterocycles. The Labute approximate surface area is 214 Å². The molecule has 0 aliphatic heterocycles. The monoisotopic (exact) mass is 564 g/mol. The van der Waals surface area contributed by atoms with Crippen LogP contribution in [0.1, 0.15) is 32.5 Å². The molecule has 1 amide bonds. The molecule has 8 nitrogen and oxygen atoms in total. The summed E-state index contributed by atoms with van der Waals surface area (Å²) in [6.07, 6.45) is -2.52. The van der Waals surface area contributed by atoms with Gasteiger partial charge in [-0.15, -0.1) is 15.6 Å². The molecule has 0 aliphatic rings. The number of nitrogens with one attached hydrogen (secondary N) is 1. The van der Waals surface area contributed by atoms with E-state index in [4.69, 9.17) is 33.7 Å². The van der Waals surface area contributed by atoms with Gasteiger partial charge in [-0.05, 0) is 45.0 Å². The molecule has 3 N–H and O–H groups in total. The molecule has 0 fully saturated rings. The van der Waals surface area contributed by atoms with Gasteiger partial charge in [0, 0.05) is 10.9 Å². The fraction of sp³-hybridized carbons (Fsp3) is 0.238. The van der Waals surface area contributed by atoms with Crippen molar-refractivity contribution in [2.75, 3.05) is 9.62 Å². The Kier molecular flexibility index (Phi) is 7.92. The van der Waals surface area contributed by atoms with Crippen molar-refractivity contribution in [2.24, 2.45) is 5.73 Å². The lowest BCUT2D eigenvalue weighted by Crippen LogP contribution is -2.41. The quantitative estimate of drug-likeness (QED) is 0.356. The van der Waals surface area contributed by atoms with Gasteiger partial charge in [-0.1, -0.05) is 29.3 Å². The van der Waals surface area contributed by atoms with Crippen molar-refractivity contribution in [3.8, 4) is 0 Å². The zero-order valence-electron chi connectivity index (χ0n) is 18.6. The molecule has 0 radical (unpaired) electrons. The van der Waals surface area contributed by atoms with Crippen LogP contribution in [0.25, 0.3) is 0 Å². The van der Waals surface area contributed by atoms with Crippen LogP contribution in [-0.2, 0) is 14.8 Å². The van der Waals surface area contributed by atoms with E-state index in [1.165, 1.54) is 23.0 Å². The Morgan fingerprint density at radius 1 is 1.23 bits per heavy atom. The Morgan fingerprint density at radius 3 is 2.49 bits per heavy atom. The lowest BCUT2D eigenvalue weighted by molar-refractivity contribution is 0.0608. The average molecular weight is 565 g/mol. The number of rotatable bonds is 6. The van der Waals surface area contributed by atoms with Crippen LogP contribution < -0.4 is 15.4 Å². The van der Waals surface area contributed by atoms with E-state index in [-0.39, 0.29) is 26.4 Å². The largest absolute Gasteiger partial charge is 0.443 e. The highest BCUT2D eigenvalue weighted by molar-refractivity contribution is 7.93. The SMILES string of the molecule is CC(C)(C)OC(=O)N(c1cscn1)S(=O)(=O)c1ccc(N[C@@H](N)c2c(F)cccc2Cl)c(Cl)c1F. The van der Waals surface area contributed by atoms with Crippen molar-refractivity contribution in [1.29, 1.82) is 0 Å². The van der Waals surface area contributed by atoms with Crippen molar-refractivity contribution < 1.29 is 26.7 Å². The Balaban J connectivity index is 2.01. The van der Waals surface area contributed by atoms with Gasteiger partial charge in [0.2, 0.25) is 0 Å². The van der Waals surface area contributed by atoms with Crippen molar-refractivity contribution in [2.45, 2.75) is 37.4 Å². The number of benzene rings is 2. The molecule has 14 heteroatoms. The van der Waals surface area contributed by atoms with Crippen LogP contribution in [0.4, 0.5) is 25.1 Å². The Bertz CT molecular complexity index is 1330. The van der Waals surface area contributed by atoms with Gasteiger partial charge in [0.25, 0.3) is 10.0 Å². The molecule has 3 aromatic rings. The minimum Gasteiger partial charge on any atom is -0.443 e. The molecule has 35 heavy (non-hydrogen) atoms. The molecule has 1 atom stereocenters. The van der Waals surface area contributed by atoms with Crippen LogP contribution in [0.2, 0.25) is 10.0 Å². The molecule has 188 valence electrons. The predicted octanol–water partition coefficient (Wildman–Crippen LogP) is 5.93. The summed E-state index contributed by atoms with van der Waals surface area (Å²) in [5.41, 5.74) is 6.00. The van der Waals surface area contributed by atoms with Gasteiger partial charge in [0.05, 0.1) is 16.2 Å². The summed E-state index contributed by atoms with van der Waals surface area (Å²) in [6.45, 7) is 4.62. The zero-order valence-corrected chi connectivity index (χ0v) is 21.7. The maximum atomic E-state index is 15.3. The summed E-state index contributed by atoms with van der Waals surface area (Å²) in [4.78, 5) is 15.7. The number of thiazole rings is 1. The van der Waals surface area contributed by atoms with E-state index in [0.29, 0.717) is 0 Å². The molecule has 0 saturated heterocycles. The molecular formula is C21H20Cl2F2N4O4S2. The van der Waals surface area contributed by atoms with E-state index in [1.807, 2.05) is 0 Å². The first-order chi connectivity index (χ1) is 16.2. The molecule has 0 spiro atoms. The van der Waals surface area contributed by atoms with E-state index in [2.05, 4.69) is 10.3 Å². The second-order valence-corrected chi connectivity index (χ2v) is 11.4. The number of hydrogen-bond donors (Lipinski definition) is 2. The third kappa shape index (κ3) is 5.84. The fourth-order valence-corrected chi connectivity index (χ4v) is 5.40. The summed E-state index contributed by atoms with van der Waals surface area (Å²) < 4.78 is 61.6. The van der Waals surface area contributed by atoms with Crippen LogP contribution in [-0.4, -0.2) is 25.1 Å². The van der Waals surface area contributed by atoms with E-state index in [0.717, 1.165) is 29.5 Å². The van der Waals surface area contributed by atoms with Crippen LogP contribution in [0.3, 0.4) is 0 Å². The smallest absolute Gasteiger partial charge is 0.430 e. The van der Waals surface area contributed by atoms with Crippen LogP contribution >= 0.6 is 34.5 Å². The van der Waals surface area contributed by atoms with Crippen molar-refractivity contribution in [3.05, 3.63) is 68.5 Å². The molecule has 2 aromatic carbocycles. The normalized spacial score (nSPS) is 12.8. The second kappa shape index (κ2) is 10.2. The standard InChI is InChI=1S/C21H20Cl2F2N4O4S2/c1-21(2,3)33-20(30)29(15-9-34-10-27-15)35(31,32)14-8-7-13(17(23)18(14)25)28-19(26)16-11(22)5-4-6-12(16)24/h4-10,19,28H,26H2,1-3H3/t19-/m1/s1. The number of halogens is 4. The molecule has 0 unspecified atom stereocenters. The van der Waals surface area contributed by atoms with Gasteiger partial charge in [-0.25, -0.2) is 27.0 Å². The van der Waals surface area contributed by atoms with Crippen LogP contribution in [0.5, 0.6) is 0 Å². The third-order valence-corrected chi connectivity index (χ3v) is 7.33. The number of sulfonamides is 1. The van der Waals surface area contributed by atoms with E-state index >= 15 is 4.39 Å². The minimum absolute atomic E-state index is 0.0251. The van der Waals surface area contributed by atoms with Crippen LogP contribution in [0, 0.1) is 11.6 Å². The summed E-state index contributed by atoms with van der Waals surface area (Å²) >= 11 is 13.1. The number of carbonyl (C=O) groups is 1. The van der Waals surface area contributed by atoms with Gasteiger partial charge in [0.15, 0.2) is 11.6 Å². The number of hydrogen-bond acceptors (Lipinski definition) is 8. The maximum Gasteiger partial charge on any atom is 0.430 e. The van der Waals surface area contributed by atoms with Gasteiger partial charge >= 0.3 is 6.09 Å². The maximum absolute atomic E-state index is 15.3. The number of aromatic nitrogens is 1. The van der Waals surface area contributed by atoms with E-state index in [9.17, 15) is 17.6 Å². The lowest BCUT2D eigenvalue weighted by Gasteiger charge is -2.26. The van der Waals surface area contributed by atoms with Gasteiger partial charge in [0.1, 0.15) is 27.5 Å². The van der Waals surface area contributed by atoms with Crippen LogP contribution in [0.15, 0.2) is 46.1 Å². The van der Waals surface area contributed by atoms with Crippen molar-refractivity contribution in [1.82, 2.24) is 4.98 Å². The fourth-order valence-electron chi connectivity index (χ4n) is 2.91. The number of amides is 1. The number of anilines is 2. The first kappa shape index (κ1) is 27.1. The Morgan fingerprint density at radius 2 is 1.91 bits per heavy atom. The Hall–Kier alpha value is -2.51. The highest BCUT2D eigenvalue weighted by Crippen LogP contribution is 2.35. The highest BCUT2D eigenvalue weighted by atomic mass is 35.5.